The molecule has 0 N–H and O–H groups in total. The van der Waals surface area contributed by atoms with E-state index in [1.54, 1.807) is 19.2 Å². The molecule has 5 rings (SSSR count). The molecule has 2 aliphatic rings. The summed E-state index contributed by atoms with van der Waals surface area (Å²) < 4.78 is 39.5. The summed E-state index contributed by atoms with van der Waals surface area (Å²) in [7, 11) is -2.00. The van der Waals surface area contributed by atoms with E-state index in [0.29, 0.717) is 42.0 Å². The number of aromatic nitrogens is 2. The molecule has 2 aromatic carbocycles. The molecule has 1 aromatic heterocycles. The molecule has 0 radical (unpaired) electrons. The Morgan fingerprint density at radius 1 is 1.03 bits per heavy atom. The summed E-state index contributed by atoms with van der Waals surface area (Å²) in [5.41, 5.74) is 1.44. The highest BCUT2D eigenvalue weighted by molar-refractivity contribution is 7.90. The summed E-state index contributed by atoms with van der Waals surface area (Å²) in [6.45, 7) is 1.35. The van der Waals surface area contributed by atoms with E-state index in [9.17, 15) is 8.42 Å². The standard InChI is InChI=1S/C21H20N4O4S/c1-28-17-8-4-2-6-15(17)21-22-19(23-29-21)14-10-12-25(13-11-14)20-16-7-3-5-9-18(16)30(26,27)24-20/h2-9,14H,10-13H2,1H3. The molecule has 30 heavy (non-hydrogen) atoms. The number of hydrogen-bond acceptors (Lipinski definition) is 7. The number of para-hydroxylation sites is 1. The Kier molecular flexibility index (Phi) is 4.54. The van der Waals surface area contributed by atoms with E-state index >= 15 is 0 Å². The molecule has 0 bridgehead atoms. The van der Waals surface area contributed by atoms with Crippen LogP contribution in [0.25, 0.3) is 11.5 Å². The third-order valence-corrected chi connectivity index (χ3v) is 6.88. The first-order valence-corrected chi connectivity index (χ1v) is 11.2. The second-order valence-corrected chi connectivity index (χ2v) is 8.88. The van der Waals surface area contributed by atoms with Crippen molar-refractivity contribution in [3.63, 3.8) is 0 Å². The molecule has 0 atom stereocenters. The lowest BCUT2D eigenvalue weighted by molar-refractivity contribution is 0.301. The van der Waals surface area contributed by atoms with E-state index in [0.717, 1.165) is 18.4 Å². The van der Waals surface area contributed by atoms with Gasteiger partial charge in [-0.25, -0.2) is 0 Å². The summed E-state index contributed by atoms with van der Waals surface area (Å²) in [6.07, 6.45) is 1.57. The molecule has 0 spiro atoms. The van der Waals surface area contributed by atoms with E-state index in [1.165, 1.54) is 0 Å². The number of benzene rings is 2. The van der Waals surface area contributed by atoms with Gasteiger partial charge in [0.15, 0.2) is 11.7 Å². The second kappa shape index (κ2) is 7.24. The van der Waals surface area contributed by atoms with E-state index < -0.39 is 10.0 Å². The van der Waals surface area contributed by atoms with Gasteiger partial charge < -0.3 is 14.2 Å². The Hall–Kier alpha value is -3.20. The second-order valence-electron chi connectivity index (χ2n) is 7.31. The maximum absolute atomic E-state index is 12.3. The normalized spacial score (nSPS) is 18.2. The van der Waals surface area contributed by atoms with Gasteiger partial charge in [-0.1, -0.05) is 29.4 Å². The topological polar surface area (TPSA) is 97.9 Å². The molecule has 0 amide bonds. The Morgan fingerprint density at radius 2 is 1.73 bits per heavy atom. The molecule has 3 aromatic rings. The van der Waals surface area contributed by atoms with Crippen LogP contribution in [0, 0.1) is 0 Å². The van der Waals surface area contributed by atoms with Crippen molar-refractivity contribution in [3.05, 3.63) is 59.9 Å². The minimum atomic E-state index is -3.61. The SMILES string of the molecule is COc1ccccc1-c1nc(C2CCN(C3=NS(=O)(=O)c4ccccc43)CC2)no1. The van der Waals surface area contributed by atoms with E-state index in [1.807, 2.05) is 41.3 Å². The zero-order valence-electron chi connectivity index (χ0n) is 16.4. The van der Waals surface area contributed by atoms with Crippen LogP contribution < -0.4 is 4.74 Å². The van der Waals surface area contributed by atoms with Crippen molar-refractivity contribution >= 4 is 15.9 Å². The van der Waals surface area contributed by atoms with Crippen LogP contribution >= 0.6 is 0 Å². The number of piperidine rings is 1. The molecular weight excluding hydrogens is 404 g/mol. The fourth-order valence-corrected chi connectivity index (χ4v) is 5.23. The monoisotopic (exact) mass is 424 g/mol. The van der Waals surface area contributed by atoms with Crippen molar-refractivity contribution < 1.29 is 17.7 Å². The third kappa shape index (κ3) is 3.15. The fraction of sp³-hybridized carbons (Fsp3) is 0.286. The largest absolute Gasteiger partial charge is 0.496 e. The Morgan fingerprint density at radius 3 is 2.50 bits per heavy atom. The van der Waals surface area contributed by atoms with E-state index in [-0.39, 0.29) is 10.8 Å². The molecular formula is C21H20N4O4S. The Bertz CT molecular complexity index is 1230. The first-order valence-electron chi connectivity index (χ1n) is 9.73. The van der Waals surface area contributed by atoms with E-state index in [4.69, 9.17) is 9.26 Å². The number of methoxy groups -OCH3 is 1. The van der Waals surface area contributed by atoms with Gasteiger partial charge in [0.25, 0.3) is 15.9 Å². The number of likely N-dealkylation sites (tertiary alicyclic amines) is 1. The van der Waals surface area contributed by atoms with Gasteiger partial charge in [-0.2, -0.15) is 13.4 Å². The average molecular weight is 424 g/mol. The predicted molar refractivity (Wildman–Crippen MR) is 110 cm³/mol. The van der Waals surface area contributed by atoms with Crippen LogP contribution in [0.15, 0.2) is 62.3 Å². The molecule has 1 fully saturated rings. The minimum Gasteiger partial charge on any atom is -0.496 e. The fourth-order valence-electron chi connectivity index (χ4n) is 4.00. The number of rotatable bonds is 3. The van der Waals surface area contributed by atoms with Crippen molar-refractivity contribution in [2.24, 2.45) is 4.40 Å². The highest BCUT2D eigenvalue weighted by Gasteiger charge is 2.34. The number of sulfonamides is 1. The third-order valence-electron chi connectivity index (χ3n) is 5.55. The zero-order chi connectivity index (χ0) is 20.7. The van der Waals surface area contributed by atoms with Crippen LogP contribution in [-0.2, 0) is 10.0 Å². The summed E-state index contributed by atoms with van der Waals surface area (Å²) in [6, 6.07) is 14.5. The quantitative estimate of drug-likeness (QED) is 0.637. The van der Waals surface area contributed by atoms with Gasteiger partial charge in [0.05, 0.1) is 12.7 Å². The lowest BCUT2D eigenvalue weighted by Crippen LogP contribution is -2.38. The van der Waals surface area contributed by atoms with Crippen LogP contribution in [0.1, 0.15) is 30.1 Å². The Labute approximate surface area is 174 Å². The number of amidine groups is 1. The molecule has 8 nitrogen and oxygen atoms in total. The highest BCUT2D eigenvalue weighted by Crippen LogP contribution is 2.34. The van der Waals surface area contributed by atoms with Gasteiger partial charge >= 0.3 is 0 Å². The maximum Gasteiger partial charge on any atom is 0.285 e. The van der Waals surface area contributed by atoms with E-state index in [2.05, 4.69) is 14.5 Å². The van der Waals surface area contributed by atoms with Gasteiger partial charge in [0.2, 0.25) is 0 Å². The van der Waals surface area contributed by atoms with Gasteiger partial charge in [-0.15, -0.1) is 4.40 Å². The lowest BCUT2D eigenvalue weighted by Gasteiger charge is -2.32. The first-order chi connectivity index (χ1) is 14.6. The molecule has 9 heteroatoms. The van der Waals surface area contributed by atoms with Crippen molar-refractivity contribution in [3.8, 4) is 17.2 Å². The summed E-state index contributed by atoms with van der Waals surface area (Å²) >= 11 is 0. The highest BCUT2D eigenvalue weighted by atomic mass is 32.2. The molecule has 3 heterocycles. The average Bonchev–Trinajstić information content (AvgIpc) is 3.37. The number of nitrogens with zero attached hydrogens (tertiary/aromatic N) is 4. The molecule has 2 aliphatic heterocycles. The number of fused-ring (bicyclic) bond motifs is 1. The molecule has 0 unspecified atom stereocenters. The van der Waals surface area contributed by atoms with Gasteiger partial charge in [-0.05, 0) is 37.1 Å². The van der Waals surface area contributed by atoms with Gasteiger partial charge in [-0.3, -0.25) is 0 Å². The maximum atomic E-state index is 12.3. The number of ether oxygens (including phenoxy) is 1. The van der Waals surface area contributed by atoms with Crippen molar-refractivity contribution in [1.82, 2.24) is 15.0 Å². The van der Waals surface area contributed by atoms with Gasteiger partial charge in [0, 0.05) is 24.6 Å². The Balaban J connectivity index is 1.33. The van der Waals surface area contributed by atoms with Crippen molar-refractivity contribution in [2.75, 3.05) is 20.2 Å². The minimum absolute atomic E-state index is 0.141. The van der Waals surface area contributed by atoms with Gasteiger partial charge in [0.1, 0.15) is 10.6 Å². The summed E-state index contributed by atoms with van der Waals surface area (Å²) in [5, 5.41) is 4.19. The smallest absolute Gasteiger partial charge is 0.285 e. The predicted octanol–water partition coefficient (Wildman–Crippen LogP) is 3.07. The number of hydrogen-bond donors (Lipinski definition) is 0. The lowest BCUT2D eigenvalue weighted by atomic mass is 9.95. The van der Waals surface area contributed by atoms with Crippen molar-refractivity contribution in [1.29, 1.82) is 0 Å². The molecule has 0 saturated carbocycles. The van der Waals surface area contributed by atoms with Crippen LogP contribution in [0.3, 0.4) is 0 Å². The van der Waals surface area contributed by atoms with Crippen LogP contribution in [0.5, 0.6) is 5.75 Å². The van der Waals surface area contributed by atoms with Crippen LogP contribution in [0.4, 0.5) is 0 Å². The molecule has 1 saturated heterocycles. The van der Waals surface area contributed by atoms with Crippen molar-refractivity contribution in [2.45, 2.75) is 23.7 Å². The zero-order valence-corrected chi connectivity index (χ0v) is 17.2. The summed E-state index contributed by atoms with van der Waals surface area (Å²) in [4.78, 5) is 6.90. The van der Waals surface area contributed by atoms with Crippen LogP contribution in [-0.4, -0.2) is 49.5 Å². The molecule has 154 valence electrons. The van der Waals surface area contributed by atoms with Crippen LogP contribution in [0.2, 0.25) is 0 Å². The first kappa shape index (κ1) is 18.8. The molecule has 0 aliphatic carbocycles. The summed E-state index contributed by atoms with van der Waals surface area (Å²) in [5.74, 6) is 2.46.